The van der Waals surface area contributed by atoms with Crippen molar-refractivity contribution in [2.24, 2.45) is 0 Å². The number of hydrogen-bond acceptors (Lipinski definition) is 7. The first-order valence-electron chi connectivity index (χ1n) is 13.7. The minimum atomic E-state index is -0.173. The molecule has 0 aliphatic heterocycles. The number of ether oxygens (including phenoxy) is 1. The average molecular weight is 579 g/mol. The number of benzene rings is 4. The maximum atomic E-state index is 14.0. The van der Waals surface area contributed by atoms with Crippen molar-refractivity contribution in [1.29, 1.82) is 0 Å². The van der Waals surface area contributed by atoms with Crippen LogP contribution >= 0.6 is 11.3 Å². The minimum Gasteiger partial charge on any atom is -0.497 e. The summed E-state index contributed by atoms with van der Waals surface area (Å²) in [5.74, 6) is 0.985. The van der Waals surface area contributed by atoms with Gasteiger partial charge in [0.05, 0.1) is 28.4 Å². The highest BCUT2D eigenvalue weighted by Crippen LogP contribution is 2.37. The molecule has 0 amide bonds. The van der Waals surface area contributed by atoms with Crippen LogP contribution in [0.1, 0.15) is 10.4 Å². The van der Waals surface area contributed by atoms with Crippen LogP contribution in [0.4, 0.5) is 0 Å². The van der Waals surface area contributed by atoms with Gasteiger partial charge in [-0.05, 0) is 48.5 Å². The van der Waals surface area contributed by atoms with Crippen LogP contribution in [-0.4, -0.2) is 32.7 Å². The quantitative estimate of drug-likeness (QED) is 0.204. The maximum Gasteiger partial charge on any atom is 0.262 e. The summed E-state index contributed by atoms with van der Waals surface area (Å²) in [7, 11) is 1.60. The Morgan fingerprint density at radius 3 is 2.42 bits per heavy atom. The normalized spacial score (nSPS) is 11.5. The molecule has 4 aromatic carbocycles. The van der Waals surface area contributed by atoms with Crippen LogP contribution in [0, 0.1) is 0 Å². The Hall–Kier alpha value is -5.60. The summed E-state index contributed by atoms with van der Waals surface area (Å²) < 4.78 is 14.0. The van der Waals surface area contributed by atoms with Crippen molar-refractivity contribution in [3.63, 3.8) is 0 Å². The number of nitrogens with zero attached hydrogens (tertiary/aromatic N) is 4. The van der Waals surface area contributed by atoms with E-state index in [-0.39, 0.29) is 5.91 Å². The summed E-state index contributed by atoms with van der Waals surface area (Å²) in [6, 6.07) is 35.0. The van der Waals surface area contributed by atoms with E-state index >= 15 is 0 Å². The van der Waals surface area contributed by atoms with Crippen molar-refractivity contribution >= 4 is 49.3 Å². The van der Waals surface area contributed by atoms with Gasteiger partial charge in [-0.2, -0.15) is 0 Å². The third kappa shape index (κ3) is 4.19. The first kappa shape index (κ1) is 25.1. The molecule has 0 radical (unpaired) electrons. The van der Waals surface area contributed by atoms with Crippen LogP contribution in [-0.2, 0) is 0 Å². The van der Waals surface area contributed by atoms with E-state index < -0.39 is 0 Å². The third-order valence-corrected chi connectivity index (χ3v) is 8.67. The monoisotopic (exact) mass is 578 g/mol. The Morgan fingerprint density at radius 1 is 0.837 bits per heavy atom. The molecule has 8 rings (SSSR count). The van der Waals surface area contributed by atoms with E-state index in [1.54, 1.807) is 53.5 Å². The smallest absolute Gasteiger partial charge is 0.262 e. The predicted molar refractivity (Wildman–Crippen MR) is 170 cm³/mol. The highest BCUT2D eigenvalue weighted by molar-refractivity contribution is 7.21. The standard InChI is InChI=1S/C35H22N4O3S/c1-41-24-16-14-23(15-17-24)35(40)39-29-8-4-2-6-25(29)26-18-19-36-32(33(26)39)30-20-28(38-42-30)21-10-12-22(13-11-21)34-37-27-7-3-5-9-31(27)43-34/h2-20H,1H3. The lowest BCUT2D eigenvalue weighted by Gasteiger charge is -2.09. The summed E-state index contributed by atoms with van der Waals surface area (Å²) in [6.45, 7) is 0. The molecule has 8 aromatic rings. The van der Waals surface area contributed by atoms with Gasteiger partial charge in [0.15, 0.2) is 5.76 Å². The molecular weight excluding hydrogens is 556 g/mol. The molecule has 0 aliphatic carbocycles. The number of methoxy groups -OCH3 is 1. The fourth-order valence-corrected chi connectivity index (χ4v) is 6.44. The van der Waals surface area contributed by atoms with Crippen LogP contribution in [0.3, 0.4) is 0 Å². The van der Waals surface area contributed by atoms with Crippen molar-refractivity contribution in [3.05, 3.63) is 121 Å². The van der Waals surface area contributed by atoms with Crippen LogP contribution < -0.4 is 4.74 Å². The van der Waals surface area contributed by atoms with Gasteiger partial charge >= 0.3 is 0 Å². The fourth-order valence-electron chi connectivity index (χ4n) is 5.47. The number of carbonyl (C=O) groups excluding carboxylic acids is 1. The predicted octanol–water partition coefficient (Wildman–Crippen LogP) is 8.49. The molecule has 0 bridgehead atoms. The van der Waals surface area contributed by atoms with Crippen LogP contribution in [0.5, 0.6) is 5.75 Å². The Bertz CT molecular complexity index is 2260. The third-order valence-electron chi connectivity index (χ3n) is 7.59. The number of rotatable bonds is 5. The lowest BCUT2D eigenvalue weighted by Crippen LogP contribution is -2.12. The van der Waals surface area contributed by atoms with E-state index in [4.69, 9.17) is 14.2 Å². The van der Waals surface area contributed by atoms with Gasteiger partial charge in [0.1, 0.15) is 22.1 Å². The first-order chi connectivity index (χ1) is 21.2. The van der Waals surface area contributed by atoms with Crippen molar-refractivity contribution in [2.45, 2.75) is 0 Å². The second kappa shape index (κ2) is 10.0. The van der Waals surface area contributed by atoms with Crippen molar-refractivity contribution < 1.29 is 14.1 Å². The van der Waals surface area contributed by atoms with E-state index in [2.05, 4.69) is 16.2 Å². The largest absolute Gasteiger partial charge is 0.497 e. The number of fused-ring (bicyclic) bond motifs is 4. The maximum absolute atomic E-state index is 14.0. The van der Waals surface area contributed by atoms with Gasteiger partial charge in [0.2, 0.25) is 0 Å². The van der Waals surface area contributed by atoms with Gasteiger partial charge < -0.3 is 9.26 Å². The zero-order chi connectivity index (χ0) is 28.9. The second-order valence-electron chi connectivity index (χ2n) is 10.1. The summed E-state index contributed by atoms with van der Waals surface area (Å²) in [6.07, 6.45) is 1.74. The summed E-state index contributed by atoms with van der Waals surface area (Å²) >= 11 is 1.67. The molecule has 7 nitrogen and oxygen atoms in total. The molecule has 4 heterocycles. The number of pyridine rings is 1. The number of thiazole rings is 1. The first-order valence-corrected chi connectivity index (χ1v) is 14.5. The van der Waals surface area contributed by atoms with E-state index in [0.717, 1.165) is 42.6 Å². The zero-order valence-electron chi connectivity index (χ0n) is 22.9. The fraction of sp³-hybridized carbons (Fsp3) is 0.0286. The van der Waals surface area contributed by atoms with Crippen molar-refractivity contribution in [1.82, 2.24) is 19.7 Å². The van der Waals surface area contributed by atoms with Crippen molar-refractivity contribution in [3.8, 4) is 39.0 Å². The lowest BCUT2D eigenvalue weighted by atomic mass is 10.1. The van der Waals surface area contributed by atoms with E-state index in [9.17, 15) is 4.79 Å². The molecular formula is C35H22N4O3S. The molecule has 0 atom stereocenters. The van der Waals surface area contributed by atoms with E-state index in [1.807, 2.05) is 78.9 Å². The van der Waals surface area contributed by atoms with Gasteiger partial charge in [-0.1, -0.05) is 59.8 Å². The number of para-hydroxylation sites is 2. The van der Waals surface area contributed by atoms with Crippen LogP contribution in [0.2, 0.25) is 0 Å². The highest BCUT2D eigenvalue weighted by Gasteiger charge is 2.23. The van der Waals surface area contributed by atoms with Gasteiger partial charge in [-0.3, -0.25) is 14.3 Å². The van der Waals surface area contributed by atoms with Gasteiger partial charge in [-0.25, -0.2) is 4.98 Å². The van der Waals surface area contributed by atoms with E-state index in [0.29, 0.717) is 34.0 Å². The SMILES string of the molecule is COc1ccc(C(=O)n2c3ccccc3c3ccnc(-c4cc(-c5ccc(-c6nc7ccccc7s6)cc5)no4)c32)cc1. The van der Waals surface area contributed by atoms with Crippen LogP contribution in [0.25, 0.3) is 65.3 Å². The number of hydrogen-bond donors (Lipinski definition) is 0. The zero-order valence-corrected chi connectivity index (χ0v) is 23.7. The van der Waals surface area contributed by atoms with Gasteiger partial charge in [0.25, 0.3) is 5.91 Å². The molecule has 4 aromatic heterocycles. The molecule has 8 heteroatoms. The summed E-state index contributed by atoms with van der Waals surface area (Å²) in [4.78, 5) is 23.4. The molecule has 0 saturated heterocycles. The highest BCUT2D eigenvalue weighted by atomic mass is 32.1. The second-order valence-corrected chi connectivity index (χ2v) is 11.1. The molecule has 0 unspecified atom stereocenters. The molecule has 0 aliphatic rings. The van der Waals surface area contributed by atoms with Gasteiger partial charge in [0, 0.05) is 39.7 Å². The summed E-state index contributed by atoms with van der Waals surface area (Å²) in [5.41, 5.74) is 6.15. The van der Waals surface area contributed by atoms with Crippen molar-refractivity contribution in [2.75, 3.05) is 7.11 Å². The molecule has 206 valence electrons. The molecule has 0 saturated carbocycles. The molecule has 0 N–H and O–H groups in total. The Balaban J connectivity index is 1.21. The number of carbonyl (C=O) groups is 1. The summed E-state index contributed by atoms with van der Waals surface area (Å²) in [5, 5.41) is 7.20. The number of aromatic nitrogens is 4. The topological polar surface area (TPSA) is 83.0 Å². The Morgan fingerprint density at radius 2 is 1.60 bits per heavy atom. The Kier molecular flexibility index (Phi) is 5.87. The van der Waals surface area contributed by atoms with Gasteiger partial charge in [-0.15, -0.1) is 11.3 Å². The Labute approximate surface area is 249 Å². The lowest BCUT2D eigenvalue weighted by molar-refractivity contribution is 0.0969. The average Bonchev–Trinajstić information content (AvgIpc) is 3.81. The molecule has 0 fully saturated rings. The van der Waals surface area contributed by atoms with E-state index in [1.165, 1.54) is 0 Å². The molecule has 0 spiro atoms. The van der Waals surface area contributed by atoms with Crippen LogP contribution in [0.15, 0.2) is 120 Å². The molecule has 43 heavy (non-hydrogen) atoms. The minimum absolute atomic E-state index is 0.173.